The van der Waals surface area contributed by atoms with Gasteiger partial charge in [0.05, 0.1) is 6.61 Å². The number of aliphatic carboxylic acids is 1. The molecule has 0 fully saturated rings. The zero-order valence-corrected chi connectivity index (χ0v) is 12.2. The van der Waals surface area contributed by atoms with Crippen LogP contribution in [0, 0.1) is 0 Å². The van der Waals surface area contributed by atoms with Crippen LogP contribution in [0.15, 0.2) is 18.3 Å². The summed E-state index contributed by atoms with van der Waals surface area (Å²) in [5.41, 5.74) is -0.0169. The maximum atomic E-state index is 12.2. The molecule has 0 bridgehead atoms. The van der Waals surface area contributed by atoms with Crippen molar-refractivity contribution >= 4 is 11.9 Å². The Hall–Kier alpha value is -1.82. The quantitative estimate of drug-likeness (QED) is 0.757. The van der Waals surface area contributed by atoms with Crippen LogP contribution in [0.25, 0.3) is 0 Å². The van der Waals surface area contributed by atoms with Gasteiger partial charge in [0.15, 0.2) is 0 Å². The molecule has 1 aromatic heterocycles. The number of methoxy groups -OCH3 is 1. The van der Waals surface area contributed by atoms with Crippen molar-refractivity contribution in [2.45, 2.75) is 38.8 Å². The third-order valence-electron chi connectivity index (χ3n) is 3.01. The van der Waals surface area contributed by atoms with Gasteiger partial charge in [-0.3, -0.25) is 9.59 Å². The Bertz CT molecular complexity index is 465. The van der Waals surface area contributed by atoms with Crippen molar-refractivity contribution in [1.29, 1.82) is 0 Å². The average molecular weight is 282 g/mol. The summed E-state index contributed by atoms with van der Waals surface area (Å²) < 4.78 is 6.81. The zero-order chi connectivity index (χ0) is 15.2. The lowest BCUT2D eigenvalue weighted by Crippen LogP contribution is -2.44. The monoisotopic (exact) mass is 282 g/mol. The number of aromatic nitrogens is 1. The van der Waals surface area contributed by atoms with Crippen molar-refractivity contribution in [3.8, 4) is 0 Å². The first kappa shape index (κ1) is 16.2. The predicted molar refractivity (Wildman–Crippen MR) is 74.7 cm³/mol. The Morgan fingerprint density at radius 1 is 1.45 bits per heavy atom. The highest BCUT2D eigenvalue weighted by Gasteiger charge is 2.23. The standard InChI is InChI=1S/C14H22N2O4/c1-14(2,7-6-12(17)18)15-13(19)11-5-4-8-16(11)9-10-20-3/h4-5,8H,6-7,9-10H2,1-3H3,(H,15,19)(H,17,18). The molecule has 1 amide bonds. The molecule has 0 aromatic carbocycles. The second-order valence-corrected chi connectivity index (χ2v) is 5.31. The summed E-state index contributed by atoms with van der Waals surface area (Å²) in [5.74, 6) is -1.07. The number of nitrogens with one attached hydrogen (secondary N) is 1. The first-order valence-electron chi connectivity index (χ1n) is 6.54. The van der Waals surface area contributed by atoms with Gasteiger partial charge in [-0.15, -0.1) is 0 Å². The molecule has 1 heterocycles. The number of rotatable bonds is 8. The van der Waals surface area contributed by atoms with E-state index in [0.717, 1.165) is 0 Å². The number of carboxylic acids is 1. The van der Waals surface area contributed by atoms with Gasteiger partial charge in [-0.2, -0.15) is 0 Å². The first-order valence-corrected chi connectivity index (χ1v) is 6.54. The topological polar surface area (TPSA) is 80.6 Å². The summed E-state index contributed by atoms with van der Waals surface area (Å²) in [7, 11) is 1.61. The van der Waals surface area contributed by atoms with Gasteiger partial charge in [0, 0.05) is 31.8 Å². The minimum absolute atomic E-state index is 0.0258. The van der Waals surface area contributed by atoms with E-state index in [1.54, 1.807) is 19.2 Å². The molecule has 0 saturated carbocycles. The number of carboxylic acid groups (broad SMARTS) is 1. The number of carbonyl (C=O) groups excluding carboxylic acids is 1. The molecule has 0 aliphatic carbocycles. The van der Waals surface area contributed by atoms with Crippen LogP contribution in [0.2, 0.25) is 0 Å². The van der Waals surface area contributed by atoms with E-state index in [0.29, 0.717) is 25.3 Å². The summed E-state index contributed by atoms with van der Waals surface area (Å²) >= 11 is 0. The van der Waals surface area contributed by atoms with E-state index in [2.05, 4.69) is 5.32 Å². The van der Waals surface area contributed by atoms with Crippen LogP contribution in [-0.2, 0) is 16.1 Å². The molecule has 0 aliphatic rings. The molecule has 0 aliphatic heterocycles. The Kier molecular flexibility index (Phi) is 5.76. The van der Waals surface area contributed by atoms with E-state index >= 15 is 0 Å². The van der Waals surface area contributed by atoms with Crippen LogP contribution in [0.1, 0.15) is 37.2 Å². The smallest absolute Gasteiger partial charge is 0.303 e. The SMILES string of the molecule is COCCn1cccc1C(=O)NC(C)(C)CCC(=O)O. The van der Waals surface area contributed by atoms with Crippen molar-refractivity contribution < 1.29 is 19.4 Å². The minimum atomic E-state index is -0.865. The van der Waals surface area contributed by atoms with Crippen LogP contribution >= 0.6 is 0 Å². The molecule has 1 rings (SSSR count). The van der Waals surface area contributed by atoms with Crippen molar-refractivity contribution in [2.75, 3.05) is 13.7 Å². The van der Waals surface area contributed by atoms with Gasteiger partial charge in [0.25, 0.3) is 5.91 Å². The van der Waals surface area contributed by atoms with Crippen LogP contribution in [-0.4, -0.2) is 40.8 Å². The number of carbonyl (C=O) groups is 2. The third-order valence-corrected chi connectivity index (χ3v) is 3.01. The lowest BCUT2D eigenvalue weighted by Gasteiger charge is -2.26. The van der Waals surface area contributed by atoms with E-state index in [4.69, 9.17) is 9.84 Å². The molecule has 112 valence electrons. The zero-order valence-electron chi connectivity index (χ0n) is 12.2. The predicted octanol–water partition coefficient (Wildman–Crippen LogP) is 1.51. The van der Waals surface area contributed by atoms with E-state index in [-0.39, 0.29) is 12.3 Å². The number of nitrogens with zero attached hydrogens (tertiary/aromatic N) is 1. The van der Waals surface area contributed by atoms with Gasteiger partial charge < -0.3 is 19.7 Å². The highest BCUT2D eigenvalue weighted by Crippen LogP contribution is 2.13. The molecule has 0 unspecified atom stereocenters. The van der Waals surface area contributed by atoms with Gasteiger partial charge in [-0.05, 0) is 32.4 Å². The number of hydrogen-bond acceptors (Lipinski definition) is 3. The minimum Gasteiger partial charge on any atom is -0.481 e. The maximum Gasteiger partial charge on any atom is 0.303 e. The fraction of sp³-hybridized carbons (Fsp3) is 0.571. The van der Waals surface area contributed by atoms with E-state index in [9.17, 15) is 9.59 Å². The van der Waals surface area contributed by atoms with Crippen molar-refractivity contribution in [1.82, 2.24) is 9.88 Å². The molecule has 2 N–H and O–H groups in total. The Balaban J connectivity index is 2.66. The van der Waals surface area contributed by atoms with E-state index in [1.807, 2.05) is 24.6 Å². The highest BCUT2D eigenvalue weighted by molar-refractivity contribution is 5.93. The molecule has 1 aromatic rings. The van der Waals surface area contributed by atoms with E-state index in [1.165, 1.54) is 0 Å². The second kappa shape index (κ2) is 7.09. The third kappa shape index (κ3) is 5.05. The molecule has 6 nitrogen and oxygen atoms in total. The summed E-state index contributed by atoms with van der Waals surface area (Å²) in [6.45, 7) is 4.76. The highest BCUT2D eigenvalue weighted by atomic mass is 16.5. The molecule has 0 atom stereocenters. The first-order chi connectivity index (χ1) is 9.35. The van der Waals surface area contributed by atoms with Crippen LogP contribution in [0.5, 0.6) is 0 Å². The van der Waals surface area contributed by atoms with Gasteiger partial charge in [-0.1, -0.05) is 0 Å². The summed E-state index contributed by atoms with van der Waals surface area (Å²) in [4.78, 5) is 22.8. The van der Waals surface area contributed by atoms with Crippen LogP contribution in [0.4, 0.5) is 0 Å². The number of amides is 1. The summed E-state index contributed by atoms with van der Waals surface area (Å²) in [6, 6.07) is 3.53. The molecule has 6 heteroatoms. The van der Waals surface area contributed by atoms with Crippen molar-refractivity contribution in [3.63, 3.8) is 0 Å². The molecular weight excluding hydrogens is 260 g/mol. The molecule has 0 spiro atoms. The molecular formula is C14H22N2O4. The van der Waals surface area contributed by atoms with Gasteiger partial charge in [-0.25, -0.2) is 0 Å². The van der Waals surface area contributed by atoms with Gasteiger partial charge in [0.2, 0.25) is 0 Å². The van der Waals surface area contributed by atoms with Crippen molar-refractivity contribution in [2.24, 2.45) is 0 Å². The normalized spacial score (nSPS) is 11.3. The maximum absolute atomic E-state index is 12.2. The summed E-state index contributed by atoms with van der Waals surface area (Å²) in [6.07, 6.45) is 2.23. The van der Waals surface area contributed by atoms with E-state index < -0.39 is 11.5 Å². The lowest BCUT2D eigenvalue weighted by atomic mass is 9.98. The van der Waals surface area contributed by atoms with Gasteiger partial charge >= 0.3 is 5.97 Å². The fourth-order valence-electron chi connectivity index (χ4n) is 1.86. The molecule has 0 radical (unpaired) electrons. The van der Waals surface area contributed by atoms with Crippen molar-refractivity contribution in [3.05, 3.63) is 24.0 Å². The average Bonchev–Trinajstić information content (AvgIpc) is 2.82. The lowest BCUT2D eigenvalue weighted by molar-refractivity contribution is -0.137. The largest absolute Gasteiger partial charge is 0.481 e. The number of hydrogen-bond donors (Lipinski definition) is 2. The Morgan fingerprint density at radius 3 is 2.75 bits per heavy atom. The Morgan fingerprint density at radius 2 is 2.15 bits per heavy atom. The fourth-order valence-corrected chi connectivity index (χ4v) is 1.86. The summed E-state index contributed by atoms with van der Waals surface area (Å²) in [5, 5.41) is 11.6. The Labute approximate surface area is 118 Å². The number of ether oxygens (including phenoxy) is 1. The van der Waals surface area contributed by atoms with Crippen LogP contribution in [0.3, 0.4) is 0 Å². The van der Waals surface area contributed by atoms with Crippen LogP contribution < -0.4 is 5.32 Å². The molecule has 0 saturated heterocycles. The molecule has 20 heavy (non-hydrogen) atoms. The van der Waals surface area contributed by atoms with Gasteiger partial charge in [0.1, 0.15) is 5.69 Å². The second-order valence-electron chi connectivity index (χ2n) is 5.31.